The number of hydrogen-bond acceptors (Lipinski definition) is 1. The molecule has 0 radical (unpaired) electrons. The van der Waals surface area contributed by atoms with Gasteiger partial charge >= 0.3 is 0 Å². The van der Waals surface area contributed by atoms with E-state index >= 15 is 0 Å². The standard InChI is InChI=1S/C17H25N.ClH/c1-12-7-8-13(2)16-15(12)14(3)11-17(18-16)9-5-4-6-10-17;/h7-8,14,18H,4-6,9-11H2,1-3H3;1H. The molecule has 1 aliphatic heterocycles. The summed E-state index contributed by atoms with van der Waals surface area (Å²) in [4.78, 5) is 0. The SMILES string of the molecule is Cc1ccc(C)c2c1NC1(CCCCC1)CC2C.Cl. The number of nitrogens with one attached hydrogen (secondary N) is 1. The molecule has 0 bridgehead atoms. The molecule has 1 unspecified atom stereocenters. The van der Waals surface area contributed by atoms with Crippen molar-refractivity contribution >= 4 is 18.1 Å². The Labute approximate surface area is 123 Å². The van der Waals surface area contributed by atoms with Crippen LogP contribution in [-0.2, 0) is 0 Å². The van der Waals surface area contributed by atoms with Crippen molar-refractivity contribution in [3.8, 4) is 0 Å². The molecular weight excluding hydrogens is 254 g/mol. The first-order valence-electron chi connectivity index (χ1n) is 7.50. The molecule has 2 heteroatoms. The van der Waals surface area contributed by atoms with Crippen molar-refractivity contribution < 1.29 is 0 Å². The zero-order valence-electron chi connectivity index (χ0n) is 12.4. The first-order valence-corrected chi connectivity index (χ1v) is 7.50. The third-order valence-electron chi connectivity index (χ3n) is 5.06. The number of fused-ring (bicyclic) bond motifs is 1. The molecule has 1 saturated carbocycles. The lowest BCUT2D eigenvalue weighted by Crippen LogP contribution is -2.44. The van der Waals surface area contributed by atoms with Crippen molar-refractivity contribution in [1.82, 2.24) is 0 Å². The van der Waals surface area contributed by atoms with E-state index in [0.29, 0.717) is 11.5 Å². The van der Waals surface area contributed by atoms with Crippen molar-refractivity contribution in [3.05, 3.63) is 28.8 Å². The molecule has 0 aromatic heterocycles. The van der Waals surface area contributed by atoms with Crippen LogP contribution in [0.1, 0.15) is 68.1 Å². The van der Waals surface area contributed by atoms with E-state index in [-0.39, 0.29) is 12.4 Å². The Balaban J connectivity index is 0.00000133. The molecule has 3 rings (SSSR count). The second kappa shape index (κ2) is 5.36. The fourth-order valence-electron chi connectivity index (χ4n) is 4.20. The van der Waals surface area contributed by atoms with Gasteiger partial charge in [0, 0.05) is 11.2 Å². The van der Waals surface area contributed by atoms with E-state index in [1.807, 2.05) is 0 Å². The van der Waals surface area contributed by atoms with E-state index in [1.54, 1.807) is 5.56 Å². The predicted octanol–water partition coefficient (Wildman–Crippen LogP) is 5.35. The van der Waals surface area contributed by atoms with Crippen LogP contribution in [0.3, 0.4) is 0 Å². The second-order valence-corrected chi connectivity index (χ2v) is 6.56. The molecule has 1 heterocycles. The maximum Gasteiger partial charge on any atom is 0.0412 e. The normalized spacial score (nSPS) is 24.3. The van der Waals surface area contributed by atoms with Gasteiger partial charge in [0.1, 0.15) is 0 Å². The van der Waals surface area contributed by atoms with Crippen LogP contribution in [0, 0.1) is 13.8 Å². The molecule has 106 valence electrons. The Morgan fingerprint density at radius 2 is 1.68 bits per heavy atom. The van der Waals surface area contributed by atoms with Crippen molar-refractivity contribution in [2.24, 2.45) is 0 Å². The van der Waals surface area contributed by atoms with Crippen molar-refractivity contribution in [1.29, 1.82) is 0 Å². The molecule has 0 saturated heterocycles. The zero-order valence-corrected chi connectivity index (χ0v) is 13.2. The average Bonchev–Trinajstić information content (AvgIpc) is 2.34. The molecule has 2 aliphatic rings. The lowest BCUT2D eigenvalue weighted by Gasteiger charge is -2.46. The van der Waals surface area contributed by atoms with Gasteiger partial charge in [-0.3, -0.25) is 0 Å². The van der Waals surface area contributed by atoms with Crippen LogP contribution in [0.4, 0.5) is 5.69 Å². The first kappa shape index (κ1) is 14.7. The van der Waals surface area contributed by atoms with Crippen LogP contribution < -0.4 is 5.32 Å². The molecule has 1 atom stereocenters. The summed E-state index contributed by atoms with van der Waals surface area (Å²) in [6.07, 6.45) is 8.29. The van der Waals surface area contributed by atoms with Gasteiger partial charge in [0.05, 0.1) is 0 Å². The summed E-state index contributed by atoms with van der Waals surface area (Å²) in [6, 6.07) is 4.56. The Bertz CT molecular complexity index is 461. The highest BCUT2D eigenvalue weighted by atomic mass is 35.5. The van der Waals surface area contributed by atoms with E-state index in [2.05, 4.69) is 38.2 Å². The number of hydrogen-bond donors (Lipinski definition) is 1. The summed E-state index contributed by atoms with van der Waals surface area (Å²) in [5.41, 5.74) is 6.32. The molecule has 1 fully saturated rings. The monoisotopic (exact) mass is 279 g/mol. The van der Waals surface area contributed by atoms with Gasteiger partial charge in [0.25, 0.3) is 0 Å². The van der Waals surface area contributed by atoms with E-state index in [4.69, 9.17) is 0 Å². The van der Waals surface area contributed by atoms with Gasteiger partial charge in [-0.15, -0.1) is 12.4 Å². The Hall–Kier alpha value is -0.690. The molecule has 1 aromatic rings. The van der Waals surface area contributed by atoms with Crippen LogP contribution >= 0.6 is 12.4 Å². The first-order chi connectivity index (χ1) is 8.61. The lowest BCUT2D eigenvalue weighted by molar-refractivity contribution is 0.281. The highest BCUT2D eigenvalue weighted by Gasteiger charge is 2.38. The molecule has 1 aliphatic carbocycles. The van der Waals surface area contributed by atoms with Gasteiger partial charge in [0.2, 0.25) is 0 Å². The molecule has 1 spiro atoms. The van der Waals surface area contributed by atoms with Gasteiger partial charge in [-0.2, -0.15) is 0 Å². The fraction of sp³-hybridized carbons (Fsp3) is 0.647. The lowest BCUT2D eigenvalue weighted by atomic mass is 9.70. The summed E-state index contributed by atoms with van der Waals surface area (Å²) in [6.45, 7) is 6.93. The number of aryl methyl sites for hydroxylation is 2. The topological polar surface area (TPSA) is 12.0 Å². The molecule has 0 amide bonds. The van der Waals surface area contributed by atoms with Gasteiger partial charge in [-0.05, 0) is 55.7 Å². The van der Waals surface area contributed by atoms with Crippen LogP contribution in [0.5, 0.6) is 0 Å². The van der Waals surface area contributed by atoms with Gasteiger partial charge in [-0.25, -0.2) is 0 Å². The van der Waals surface area contributed by atoms with E-state index in [0.717, 1.165) is 0 Å². The minimum Gasteiger partial charge on any atom is -0.379 e. The maximum atomic E-state index is 3.95. The maximum absolute atomic E-state index is 3.95. The number of rotatable bonds is 0. The Morgan fingerprint density at radius 1 is 1.05 bits per heavy atom. The van der Waals surface area contributed by atoms with Crippen LogP contribution in [-0.4, -0.2) is 5.54 Å². The van der Waals surface area contributed by atoms with E-state index < -0.39 is 0 Å². The molecule has 1 nitrogen and oxygen atoms in total. The number of halogens is 1. The van der Waals surface area contributed by atoms with Gasteiger partial charge < -0.3 is 5.32 Å². The summed E-state index contributed by atoms with van der Waals surface area (Å²) in [5, 5.41) is 3.95. The third kappa shape index (κ3) is 2.50. The fourth-order valence-corrected chi connectivity index (χ4v) is 4.20. The molecule has 1 aromatic carbocycles. The zero-order chi connectivity index (χ0) is 12.8. The average molecular weight is 280 g/mol. The minimum absolute atomic E-state index is 0. The summed E-state index contributed by atoms with van der Waals surface area (Å²) in [7, 11) is 0. The number of anilines is 1. The number of benzene rings is 1. The van der Waals surface area contributed by atoms with E-state index in [1.165, 1.54) is 55.3 Å². The van der Waals surface area contributed by atoms with Crippen molar-refractivity contribution in [2.75, 3.05) is 5.32 Å². The quantitative estimate of drug-likeness (QED) is 0.675. The minimum atomic E-state index is 0. The summed E-state index contributed by atoms with van der Waals surface area (Å²) in [5.74, 6) is 0.708. The predicted molar refractivity (Wildman–Crippen MR) is 85.6 cm³/mol. The molecule has 19 heavy (non-hydrogen) atoms. The smallest absolute Gasteiger partial charge is 0.0412 e. The third-order valence-corrected chi connectivity index (χ3v) is 5.06. The van der Waals surface area contributed by atoms with E-state index in [9.17, 15) is 0 Å². The van der Waals surface area contributed by atoms with Crippen molar-refractivity contribution in [3.63, 3.8) is 0 Å². The summed E-state index contributed by atoms with van der Waals surface area (Å²) < 4.78 is 0. The van der Waals surface area contributed by atoms with Crippen LogP contribution in [0.15, 0.2) is 12.1 Å². The highest BCUT2D eigenvalue weighted by molar-refractivity contribution is 5.85. The van der Waals surface area contributed by atoms with Gasteiger partial charge in [-0.1, -0.05) is 38.3 Å². The van der Waals surface area contributed by atoms with Crippen LogP contribution in [0.2, 0.25) is 0 Å². The molecule has 1 N–H and O–H groups in total. The Kier molecular flexibility index (Phi) is 4.15. The second-order valence-electron chi connectivity index (χ2n) is 6.56. The van der Waals surface area contributed by atoms with Gasteiger partial charge in [0.15, 0.2) is 0 Å². The van der Waals surface area contributed by atoms with Crippen LogP contribution in [0.25, 0.3) is 0 Å². The Morgan fingerprint density at radius 3 is 2.37 bits per heavy atom. The van der Waals surface area contributed by atoms with Crippen molar-refractivity contribution in [2.45, 2.75) is 70.8 Å². The highest BCUT2D eigenvalue weighted by Crippen LogP contribution is 2.47. The summed E-state index contributed by atoms with van der Waals surface area (Å²) >= 11 is 0. The molecular formula is C17H26ClN. The largest absolute Gasteiger partial charge is 0.379 e.